The molecule has 1 aromatic carbocycles. The highest BCUT2D eigenvalue weighted by atomic mass is 19.1. The van der Waals surface area contributed by atoms with Crippen LogP contribution < -0.4 is 5.73 Å². The Morgan fingerprint density at radius 3 is 2.20 bits per heavy atom. The number of aliphatic carboxylic acids is 1. The number of nitrogens with two attached hydrogens (primary N) is 1. The molecule has 20 heavy (non-hydrogen) atoms. The van der Waals surface area contributed by atoms with Crippen molar-refractivity contribution in [2.24, 2.45) is 5.73 Å². The number of unbranched alkanes of at least 4 members (excludes halogenated alkanes) is 2. The van der Waals surface area contributed by atoms with Gasteiger partial charge in [-0.3, -0.25) is 4.79 Å². The lowest BCUT2D eigenvalue weighted by atomic mass is 9.76. The molecular weight excluding hydrogens is 268 g/mol. The molecular formula is C14H19F2NO3. The maximum Gasteiger partial charge on any atom is 0.315 e. The molecule has 1 atom stereocenters. The normalized spacial score (nSPS) is 14.0. The zero-order chi connectivity index (χ0) is 15.2. The summed E-state index contributed by atoms with van der Waals surface area (Å²) in [5.74, 6) is -2.85. The van der Waals surface area contributed by atoms with Gasteiger partial charge in [0, 0.05) is 19.2 Å². The molecule has 0 heterocycles. The number of rotatable bonds is 8. The average Bonchev–Trinajstić information content (AvgIpc) is 2.37. The summed E-state index contributed by atoms with van der Waals surface area (Å²) in [6, 6.07) is 2.71. The van der Waals surface area contributed by atoms with E-state index in [0.29, 0.717) is 25.3 Å². The molecule has 4 nitrogen and oxygen atoms in total. The van der Waals surface area contributed by atoms with E-state index >= 15 is 0 Å². The first-order valence-corrected chi connectivity index (χ1v) is 6.47. The minimum atomic E-state index is -1.50. The number of carboxylic acids is 1. The van der Waals surface area contributed by atoms with E-state index in [1.807, 2.05) is 0 Å². The van der Waals surface area contributed by atoms with E-state index in [1.165, 1.54) is 0 Å². The van der Waals surface area contributed by atoms with E-state index in [9.17, 15) is 18.7 Å². The van der Waals surface area contributed by atoms with Gasteiger partial charge in [0.25, 0.3) is 0 Å². The zero-order valence-electron chi connectivity index (χ0n) is 11.1. The molecule has 0 aromatic heterocycles. The summed E-state index contributed by atoms with van der Waals surface area (Å²) in [4.78, 5) is 11.6. The predicted molar refractivity (Wildman–Crippen MR) is 70.3 cm³/mol. The van der Waals surface area contributed by atoms with Crippen LogP contribution in [-0.2, 0) is 10.2 Å². The summed E-state index contributed by atoms with van der Waals surface area (Å²) in [6.45, 7) is -0.221. The van der Waals surface area contributed by atoms with E-state index in [-0.39, 0.29) is 25.1 Å². The summed E-state index contributed by atoms with van der Waals surface area (Å²) in [5.41, 5.74) is 4.12. The number of aliphatic hydroxyl groups excluding tert-OH is 1. The number of hydrogen-bond donors (Lipinski definition) is 3. The summed E-state index contributed by atoms with van der Waals surface area (Å²) < 4.78 is 26.6. The fourth-order valence-corrected chi connectivity index (χ4v) is 2.23. The Morgan fingerprint density at radius 2 is 1.75 bits per heavy atom. The lowest BCUT2D eigenvalue weighted by Crippen LogP contribution is -2.43. The average molecular weight is 287 g/mol. The number of carboxylic acid groups (broad SMARTS) is 1. The third-order valence-electron chi connectivity index (χ3n) is 3.43. The molecule has 112 valence electrons. The fourth-order valence-electron chi connectivity index (χ4n) is 2.23. The van der Waals surface area contributed by atoms with Crippen molar-refractivity contribution in [2.45, 2.75) is 31.1 Å². The van der Waals surface area contributed by atoms with Gasteiger partial charge < -0.3 is 15.9 Å². The van der Waals surface area contributed by atoms with Crippen LogP contribution in [0, 0.1) is 11.6 Å². The molecule has 6 heteroatoms. The number of benzene rings is 1. The second-order valence-corrected chi connectivity index (χ2v) is 4.78. The molecule has 1 aromatic rings. The maximum absolute atomic E-state index is 13.3. The van der Waals surface area contributed by atoms with Crippen molar-refractivity contribution >= 4 is 5.97 Å². The number of hydrogen-bond acceptors (Lipinski definition) is 3. The van der Waals surface area contributed by atoms with Crippen molar-refractivity contribution in [1.82, 2.24) is 0 Å². The largest absolute Gasteiger partial charge is 0.481 e. The SMILES string of the molecule is NCC(CCCCCO)(C(=O)O)c1cc(F)cc(F)c1. The molecule has 0 saturated carbocycles. The first-order valence-electron chi connectivity index (χ1n) is 6.47. The van der Waals surface area contributed by atoms with Gasteiger partial charge in [0.05, 0.1) is 0 Å². The van der Waals surface area contributed by atoms with Crippen LogP contribution in [0.2, 0.25) is 0 Å². The predicted octanol–water partition coefficient (Wildman–Crippen LogP) is 1.80. The van der Waals surface area contributed by atoms with E-state index < -0.39 is 23.0 Å². The van der Waals surface area contributed by atoms with E-state index in [0.717, 1.165) is 12.1 Å². The third-order valence-corrected chi connectivity index (χ3v) is 3.43. The molecule has 1 unspecified atom stereocenters. The first-order chi connectivity index (χ1) is 9.46. The Hall–Kier alpha value is -1.53. The molecule has 0 aliphatic carbocycles. The Bertz CT molecular complexity index is 447. The zero-order valence-corrected chi connectivity index (χ0v) is 11.1. The lowest BCUT2D eigenvalue weighted by Gasteiger charge is -2.28. The van der Waals surface area contributed by atoms with Crippen molar-refractivity contribution in [3.63, 3.8) is 0 Å². The highest BCUT2D eigenvalue weighted by Crippen LogP contribution is 2.31. The van der Waals surface area contributed by atoms with Gasteiger partial charge in [-0.25, -0.2) is 8.78 Å². The highest BCUT2D eigenvalue weighted by Gasteiger charge is 2.39. The second-order valence-electron chi connectivity index (χ2n) is 4.78. The van der Waals surface area contributed by atoms with Crippen molar-refractivity contribution in [3.05, 3.63) is 35.4 Å². The van der Waals surface area contributed by atoms with Crippen molar-refractivity contribution in [1.29, 1.82) is 0 Å². The summed E-state index contributed by atoms with van der Waals surface area (Å²) in [5, 5.41) is 18.2. The third kappa shape index (κ3) is 3.74. The van der Waals surface area contributed by atoms with Crippen LogP contribution in [0.3, 0.4) is 0 Å². The molecule has 1 rings (SSSR count). The van der Waals surface area contributed by atoms with Crippen LogP contribution in [0.25, 0.3) is 0 Å². The molecule has 0 fully saturated rings. The molecule has 0 saturated heterocycles. The Morgan fingerprint density at radius 1 is 1.15 bits per heavy atom. The Kier molecular flexibility index (Phi) is 6.04. The fraction of sp³-hybridized carbons (Fsp3) is 0.500. The van der Waals surface area contributed by atoms with Gasteiger partial charge in [-0.2, -0.15) is 0 Å². The standard InChI is InChI=1S/C14H19F2NO3/c15-11-6-10(7-12(16)8-11)14(9-17,13(19)20)4-2-1-3-5-18/h6-8,18H,1-5,9,17H2,(H,19,20). The van der Waals surface area contributed by atoms with E-state index in [4.69, 9.17) is 10.8 Å². The van der Waals surface area contributed by atoms with Crippen LogP contribution in [-0.4, -0.2) is 29.3 Å². The Labute approximate surface area is 116 Å². The Balaban J connectivity index is 3.06. The van der Waals surface area contributed by atoms with Crippen LogP contribution in [0.4, 0.5) is 8.78 Å². The molecule has 0 aliphatic rings. The first kappa shape index (κ1) is 16.5. The quantitative estimate of drug-likeness (QED) is 0.637. The topological polar surface area (TPSA) is 83.5 Å². The molecule has 0 spiro atoms. The summed E-state index contributed by atoms with van der Waals surface area (Å²) in [6.07, 6.45) is 1.85. The number of aliphatic hydroxyl groups is 1. The van der Waals surface area contributed by atoms with Crippen LogP contribution >= 0.6 is 0 Å². The second kappa shape index (κ2) is 7.31. The van der Waals surface area contributed by atoms with Crippen molar-refractivity contribution < 1.29 is 23.8 Å². The van der Waals surface area contributed by atoms with Crippen molar-refractivity contribution in [2.75, 3.05) is 13.2 Å². The summed E-state index contributed by atoms with van der Waals surface area (Å²) >= 11 is 0. The van der Waals surface area contributed by atoms with Gasteiger partial charge in [0.15, 0.2) is 0 Å². The van der Waals surface area contributed by atoms with Gasteiger partial charge in [-0.15, -0.1) is 0 Å². The van der Waals surface area contributed by atoms with Crippen LogP contribution in [0.1, 0.15) is 31.2 Å². The van der Waals surface area contributed by atoms with Gasteiger partial charge in [0.2, 0.25) is 0 Å². The number of halogens is 2. The minimum Gasteiger partial charge on any atom is -0.481 e. The van der Waals surface area contributed by atoms with Gasteiger partial charge in [-0.05, 0) is 30.5 Å². The smallest absolute Gasteiger partial charge is 0.315 e. The van der Waals surface area contributed by atoms with Gasteiger partial charge in [-0.1, -0.05) is 12.8 Å². The highest BCUT2D eigenvalue weighted by molar-refractivity contribution is 5.81. The number of carbonyl (C=O) groups is 1. The summed E-state index contributed by atoms with van der Waals surface area (Å²) in [7, 11) is 0. The van der Waals surface area contributed by atoms with Crippen molar-refractivity contribution in [3.8, 4) is 0 Å². The van der Waals surface area contributed by atoms with Gasteiger partial charge >= 0.3 is 5.97 Å². The molecule has 0 radical (unpaired) electrons. The van der Waals surface area contributed by atoms with Gasteiger partial charge in [0.1, 0.15) is 17.0 Å². The van der Waals surface area contributed by atoms with E-state index in [2.05, 4.69) is 0 Å². The van der Waals surface area contributed by atoms with E-state index in [1.54, 1.807) is 0 Å². The molecule has 0 amide bonds. The lowest BCUT2D eigenvalue weighted by molar-refractivity contribution is -0.143. The maximum atomic E-state index is 13.3. The minimum absolute atomic E-state index is 0.0251. The molecule has 4 N–H and O–H groups in total. The van der Waals surface area contributed by atoms with Crippen LogP contribution in [0.15, 0.2) is 18.2 Å². The molecule has 0 aliphatic heterocycles. The molecule has 0 bridgehead atoms. The van der Waals surface area contributed by atoms with Crippen LogP contribution in [0.5, 0.6) is 0 Å². The monoisotopic (exact) mass is 287 g/mol.